The lowest BCUT2D eigenvalue weighted by molar-refractivity contribution is -0.150. The Hall–Kier alpha value is -2.09. The number of hydrogen-bond donors (Lipinski definition) is 2. The molecule has 0 aliphatic carbocycles. The molecule has 3 N–H and O–H groups in total. The van der Waals surface area contributed by atoms with E-state index in [1.54, 1.807) is 7.11 Å². The molecule has 2 aliphatic rings. The summed E-state index contributed by atoms with van der Waals surface area (Å²) in [5.41, 5.74) is 5.13. The van der Waals surface area contributed by atoms with Gasteiger partial charge in [-0.15, -0.1) is 0 Å². The monoisotopic (exact) mass is 349 g/mol. The Morgan fingerprint density at radius 1 is 1.24 bits per heavy atom. The average molecular weight is 349 g/mol. The van der Waals surface area contributed by atoms with Crippen LogP contribution < -0.4 is 15.5 Å². The van der Waals surface area contributed by atoms with Gasteiger partial charge in [-0.1, -0.05) is 0 Å². The van der Waals surface area contributed by atoms with Crippen molar-refractivity contribution in [2.45, 2.75) is 32.1 Å². The molecule has 8 heteroatoms. The molecule has 138 valence electrons. The molecule has 0 aromatic carbocycles. The van der Waals surface area contributed by atoms with Crippen molar-refractivity contribution < 1.29 is 14.6 Å². The summed E-state index contributed by atoms with van der Waals surface area (Å²) in [6.45, 7) is 3.58. The maximum Gasteiger partial charge on any atom is 0.311 e. The van der Waals surface area contributed by atoms with Crippen molar-refractivity contribution in [2.24, 2.45) is 5.41 Å². The quantitative estimate of drug-likeness (QED) is 0.793. The number of methoxy groups -OCH3 is 1. The van der Waals surface area contributed by atoms with Crippen molar-refractivity contribution in [3.05, 3.63) is 6.07 Å². The number of nitrogens with two attached hydrogens (primary N) is 1. The van der Waals surface area contributed by atoms with E-state index in [1.807, 2.05) is 11.0 Å². The van der Waals surface area contributed by atoms with Gasteiger partial charge < -0.3 is 25.4 Å². The van der Waals surface area contributed by atoms with Crippen molar-refractivity contribution >= 4 is 23.6 Å². The molecule has 0 radical (unpaired) electrons. The van der Waals surface area contributed by atoms with Gasteiger partial charge in [-0.2, -0.15) is 9.97 Å². The van der Waals surface area contributed by atoms with Crippen LogP contribution >= 0.6 is 0 Å². The van der Waals surface area contributed by atoms with Gasteiger partial charge in [0.2, 0.25) is 5.95 Å². The topological polar surface area (TPSA) is 105 Å². The third kappa shape index (κ3) is 3.78. The predicted molar refractivity (Wildman–Crippen MR) is 95.9 cm³/mol. The molecule has 0 bridgehead atoms. The maximum absolute atomic E-state index is 12.0. The van der Waals surface area contributed by atoms with E-state index in [4.69, 9.17) is 10.5 Å². The van der Waals surface area contributed by atoms with Crippen molar-refractivity contribution in [2.75, 3.05) is 55.4 Å². The average Bonchev–Trinajstić information content (AvgIpc) is 3.14. The highest BCUT2D eigenvalue weighted by atomic mass is 16.5. The summed E-state index contributed by atoms with van der Waals surface area (Å²) in [5, 5.41) is 9.81. The molecule has 2 saturated heterocycles. The zero-order chi connectivity index (χ0) is 17.9. The van der Waals surface area contributed by atoms with Crippen LogP contribution in [0, 0.1) is 5.41 Å². The lowest BCUT2D eigenvalue weighted by Crippen LogP contribution is -2.49. The van der Waals surface area contributed by atoms with Gasteiger partial charge in [0.25, 0.3) is 0 Å². The number of nitrogen functional groups attached to an aromatic ring is 1. The molecular weight excluding hydrogens is 322 g/mol. The van der Waals surface area contributed by atoms with E-state index in [2.05, 4.69) is 14.9 Å². The smallest absolute Gasteiger partial charge is 0.311 e. The highest BCUT2D eigenvalue weighted by Crippen LogP contribution is 2.36. The second kappa shape index (κ2) is 7.43. The van der Waals surface area contributed by atoms with Crippen LogP contribution in [0.15, 0.2) is 6.07 Å². The van der Waals surface area contributed by atoms with Gasteiger partial charge in [-0.25, -0.2) is 0 Å². The Kier molecular flexibility index (Phi) is 5.27. The fourth-order valence-corrected chi connectivity index (χ4v) is 3.82. The van der Waals surface area contributed by atoms with Crippen LogP contribution in [0.5, 0.6) is 0 Å². The Bertz CT molecular complexity index is 620. The lowest BCUT2D eigenvalue weighted by atomic mass is 9.77. The molecule has 2 fully saturated rings. The van der Waals surface area contributed by atoms with Crippen LogP contribution in [0.3, 0.4) is 0 Å². The molecule has 1 atom stereocenters. The van der Waals surface area contributed by atoms with E-state index >= 15 is 0 Å². The van der Waals surface area contributed by atoms with Crippen molar-refractivity contribution in [3.63, 3.8) is 0 Å². The Labute approximate surface area is 148 Å². The Morgan fingerprint density at radius 2 is 1.88 bits per heavy atom. The van der Waals surface area contributed by atoms with Gasteiger partial charge in [0.15, 0.2) is 0 Å². The molecule has 0 saturated carbocycles. The number of aliphatic carboxylic acids is 1. The zero-order valence-electron chi connectivity index (χ0n) is 14.8. The van der Waals surface area contributed by atoms with Gasteiger partial charge in [-0.3, -0.25) is 4.79 Å². The van der Waals surface area contributed by atoms with Crippen LogP contribution in [0.4, 0.5) is 17.6 Å². The van der Waals surface area contributed by atoms with Gasteiger partial charge in [0, 0.05) is 46.0 Å². The van der Waals surface area contributed by atoms with Crippen LogP contribution in [-0.4, -0.2) is 60.9 Å². The highest BCUT2D eigenvalue weighted by molar-refractivity contribution is 5.76. The largest absolute Gasteiger partial charge is 0.481 e. The van der Waals surface area contributed by atoms with Crippen LogP contribution in [0.1, 0.15) is 32.1 Å². The summed E-state index contributed by atoms with van der Waals surface area (Å²) < 4.78 is 5.13. The molecule has 1 unspecified atom stereocenters. The molecule has 8 nitrogen and oxygen atoms in total. The predicted octanol–water partition coefficient (Wildman–Crippen LogP) is 1.37. The zero-order valence-corrected chi connectivity index (χ0v) is 14.8. The summed E-state index contributed by atoms with van der Waals surface area (Å²) in [7, 11) is 1.60. The summed E-state index contributed by atoms with van der Waals surface area (Å²) in [6.07, 6.45) is 4.26. The highest BCUT2D eigenvalue weighted by Gasteiger charge is 2.42. The first-order valence-electron chi connectivity index (χ1n) is 8.91. The first-order chi connectivity index (χ1) is 12.0. The summed E-state index contributed by atoms with van der Waals surface area (Å²) in [5.74, 6) is 1.03. The molecule has 1 aromatic heterocycles. The van der Waals surface area contributed by atoms with Crippen LogP contribution in [0.25, 0.3) is 0 Å². The Morgan fingerprint density at radius 3 is 2.52 bits per heavy atom. The molecule has 25 heavy (non-hydrogen) atoms. The minimum absolute atomic E-state index is 0.239. The Balaban J connectivity index is 1.84. The maximum atomic E-state index is 12.0. The van der Waals surface area contributed by atoms with E-state index in [-0.39, 0.29) is 5.95 Å². The van der Waals surface area contributed by atoms with E-state index in [0.29, 0.717) is 26.0 Å². The molecule has 3 rings (SSSR count). The first kappa shape index (κ1) is 17.7. The normalized spacial score (nSPS) is 23.9. The first-order valence-corrected chi connectivity index (χ1v) is 8.91. The van der Waals surface area contributed by atoms with Crippen LogP contribution in [0.2, 0.25) is 0 Å². The standard InChI is InChI=1S/C17H27N5O3/c1-25-10-6-17(15(23)24)5-4-9-22(12-17)14-11-13(19-16(18)20-14)21-7-2-3-8-21/h11H,2-10,12H2,1H3,(H,23,24)(H2,18,19,20). The summed E-state index contributed by atoms with van der Waals surface area (Å²) in [4.78, 5) is 24.9. The second-order valence-corrected chi connectivity index (χ2v) is 6.99. The number of ether oxygens (including phenoxy) is 1. The number of piperidine rings is 1. The number of hydrogen-bond acceptors (Lipinski definition) is 7. The van der Waals surface area contributed by atoms with Crippen molar-refractivity contribution in [3.8, 4) is 0 Å². The molecular formula is C17H27N5O3. The number of carbonyl (C=O) groups is 1. The number of nitrogens with zero attached hydrogens (tertiary/aromatic N) is 4. The summed E-state index contributed by atoms with van der Waals surface area (Å²) in [6, 6.07) is 1.94. The molecule has 2 aliphatic heterocycles. The summed E-state index contributed by atoms with van der Waals surface area (Å²) >= 11 is 0. The van der Waals surface area contributed by atoms with Gasteiger partial charge in [-0.05, 0) is 32.1 Å². The number of carboxylic acid groups (broad SMARTS) is 1. The number of aromatic nitrogens is 2. The van der Waals surface area contributed by atoms with Crippen LogP contribution in [-0.2, 0) is 9.53 Å². The lowest BCUT2D eigenvalue weighted by Gasteiger charge is -2.40. The second-order valence-electron chi connectivity index (χ2n) is 6.99. The molecule has 0 amide bonds. The fraction of sp³-hybridized carbons (Fsp3) is 0.706. The van der Waals surface area contributed by atoms with Crippen molar-refractivity contribution in [1.82, 2.24) is 9.97 Å². The fourth-order valence-electron chi connectivity index (χ4n) is 3.82. The van der Waals surface area contributed by atoms with E-state index < -0.39 is 11.4 Å². The van der Waals surface area contributed by atoms with Gasteiger partial charge >= 0.3 is 5.97 Å². The molecule has 1 aromatic rings. The van der Waals surface area contributed by atoms with E-state index in [9.17, 15) is 9.90 Å². The molecule has 3 heterocycles. The number of anilines is 3. The van der Waals surface area contributed by atoms with Gasteiger partial charge in [0.1, 0.15) is 11.6 Å². The minimum Gasteiger partial charge on any atom is -0.481 e. The number of carboxylic acids is 1. The van der Waals surface area contributed by atoms with Crippen molar-refractivity contribution in [1.29, 1.82) is 0 Å². The third-order valence-corrected chi connectivity index (χ3v) is 5.29. The van der Waals surface area contributed by atoms with E-state index in [0.717, 1.165) is 50.5 Å². The number of rotatable bonds is 6. The third-order valence-electron chi connectivity index (χ3n) is 5.29. The van der Waals surface area contributed by atoms with E-state index in [1.165, 1.54) is 0 Å². The molecule has 0 spiro atoms. The van der Waals surface area contributed by atoms with Gasteiger partial charge in [0.05, 0.1) is 5.41 Å². The minimum atomic E-state index is -0.804. The SMILES string of the molecule is COCCC1(C(=O)O)CCCN(c2cc(N3CCCC3)nc(N)n2)C1.